The van der Waals surface area contributed by atoms with Gasteiger partial charge in [0.15, 0.2) is 13.2 Å². The fraction of sp³-hybridized carbons (Fsp3) is 0.130. The number of aryl methyl sites for hydroxylation is 1. The third-order valence-electron chi connectivity index (χ3n) is 4.09. The lowest BCUT2D eigenvalue weighted by Crippen LogP contribution is -2.24. The van der Waals surface area contributed by atoms with E-state index in [0.29, 0.717) is 11.4 Å². The number of hydrogen-bond donors (Lipinski definition) is 1. The maximum Gasteiger partial charge on any atom is 0.344 e. The van der Waals surface area contributed by atoms with Gasteiger partial charge < -0.3 is 14.8 Å². The van der Waals surface area contributed by atoms with Crippen LogP contribution in [-0.4, -0.2) is 25.1 Å². The SMILES string of the molecule is Cc1ccccc1OCC(=O)OCC(=O)Nc1ccccc1-c1ccccc1. The Kier molecular flexibility index (Phi) is 6.41. The number of carbonyl (C=O) groups excluding carboxylic acids is 2. The van der Waals surface area contributed by atoms with Crippen LogP contribution in [0.2, 0.25) is 0 Å². The molecule has 5 nitrogen and oxygen atoms in total. The van der Waals surface area contributed by atoms with Crippen LogP contribution >= 0.6 is 0 Å². The van der Waals surface area contributed by atoms with Crippen molar-refractivity contribution in [2.45, 2.75) is 6.92 Å². The summed E-state index contributed by atoms with van der Waals surface area (Å²) >= 11 is 0. The minimum absolute atomic E-state index is 0.251. The van der Waals surface area contributed by atoms with E-state index < -0.39 is 11.9 Å². The number of esters is 1. The number of benzene rings is 3. The molecular weight excluding hydrogens is 354 g/mol. The van der Waals surface area contributed by atoms with Gasteiger partial charge in [0.25, 0.3) is 5.91 Å². The number of amides is 1. The van der Waals surface area contributed by atoms with Gasteiger partial charge in [-0.15, -0.1) is 0 Å². The second-order valence-electron chi connectivity index (χ2n) is 6.17. The van der Waals surface area contributed by atoms with E-state index in [-0.39, 0.29) is 13.2 Å². The quantitative estimate of drug-likeness (QED) is 0.628. The van der Waals surface area contributed by atoms with Gasteiger partial charge in [-0.25, -0.2) is 4.79 Å². The molecule has 0 atom stereocenters. The number of nitrogens with one attached hydrogen (secondary N) is 1. The fourth-order valence-electron chi connectivity index (χ4n) is 2.69. The average Bonchev–Trinajstić information content (AvgIpc) is 2.73. The third kappa shape index (κ3) is 5.20. The van der Waals surface area contributed by atoms with Crippen molar-refractivity contribution in [3.05, 3.63) is 84.4 Å². The first-order chi connectivity index (χ1) is 13.6. The van der Waals surface area contributed by atoms with Gasteiger partial charge in [0.2, 0.25) is 0 Å². The van der Waals surface area contributed by atoms with E-state index in [2.05, 4.69) is 5.32 Å². The zero-order chi connectivity index (χ0) is 19.8. The highest BCUT2D eigenvalue weighted by molar-refractivity contribution is 5.96. The molecule has 1 amide bonds. The normalized spacial score (nSPS) is 10.2. The molecule has 0 aromatic heterocycles. The minimum atomic E-state index is -0.602. The summed E-state index contributed by atoms with van der Waals surface area (Å²) in [4.78, 5) is 24.0. The molecule has 0 fully saturated rings. The van der Waals surface area contributed by atoms with Crippen molar-refractivity contribution < 1.29 is 19.1 Å². The highest BCUT2D eigenvalue weighted by Gasteiger charge is 2.11. The maximum atomic E-state index is 12.2. The lowest BCUT2D eigenvalue weighted by molar-refractivity contribution is -0.149. The zero-order valence-corrected chi connectivity index (χ0v) is 15.6. The Labute approximate surface area is 163 Å². The van der Waals surface area contributed by atoms with E-state index in [9.17, 15) is 9.59 Å². The molecule has 3 aromatic carbocycles. The Morgan fingerprint density at radius 1 is 0.821 bits per heavy atom. The van der Waals surface area contributed by atoms with Crippen molar-refractivity contribution in [3.8, 4) is 16.9 Å². The fourth-order valence-corrected chi connectivity index (χ4v) is 2.69. The number of ether oxygens (including phenoxy) is 2. The second-order valence-corrected chi connectivity index (χ2v) is 6.17. The van der Waals surface area contributed by atoms with E-state index in [1.165, 1.54) is 0 Å². The summed E-state index contributed by atoms with van der Waals surface area (Å²) < 4.78 is 10.4. The summed E-state index contributed by atoms with van der Waals surface area (Å²) in [6, 6.07) is 24.6. The molecule has 0 unspecified atom stereocenters. The van der Waals surface area contributed by atoms with Crippen molar-refractivity contribution in [2.24, 2.45) is 0 Å². The summed E-state index contributed by atoms with van der Waals surface area (Å²) in [5, 5.41) is 2.79. The molecule has 0 saturated carbocycles. The Morgan fingerprint density at radius 3 is 2.29 bits per heavy atom. The molecule has 5 heteroatoms. The van der Waals surface area contributed by atoms with Crippen LogP contribution in [0.4, 0.5) is 5.69 Å². The molecule has 0 saturated heterocycles. The Bertz CT molecular complexity index is 954. The number of hydrogen-bond acceptors (Lipinski definition) is 4. The molecule has 0 aliphatic heterocycles. The Balaban J connectivity index is 1.52. The first-order valence-corrected chi connectivity index (χ1v) is 8.92. The first kappa shape index (κ1) is 19.2. The topological polar surface area (TPSA) is 64.6 Å². The molecule has 3 aromatic rings. The smallest absolute Gasteiger partial charge is 0.344 e. The first-order valence-electron chi connectivity index (χ1n) is 8.92. The molecule has 1 N–H and O–H groups in total. The van der Waals surface area contributed by atoms with Gasteiger partial charge >= 0.3 is 5.97 Å². The largest absolute Gasteiger partial charge is 0.482 e. The maximum absolute atomic E-state index is 12.2. The van der Waals surface area contributed by atoms with E-state index in [1.54, 1.807) is 6.07 Å². The van der Waals surface area contributed by atoms with Crippen molar-refractivity contribution in [1.82, 2.24) is 0 Å². The van der Waals surface area contributed by atoms with Crippen LogP contribution in [-0.2, 0) is 14.3 Å². The van der Waals surface area contributed by atoms with Crippen LogP contribution in [0.1, 0.15) is 5.56 Å². The van der Waals surface area contributed by atoms with E-state index in [4.69, 9.17) is 9.47 Å². The molecular formula is C23H21NO4. The number of rotatable bonds is 7. The summed E-state index contributed by atoms with van der Waals surface area (Å²) in [5.41, 5.74) is 3.46. The molecule has 0 spiro atoms. The highest BCUT2D eigenvalue weighted by atomic mass is 16.6. The lowest BCUT2D eigenvalue weighted by Gasteiger charge is -2.12. The standard InChI is InChI=1S/C23H21NO4/c1-17-9-5-8-14-21(17)27-16-23(26)28-15-22(25)24-20-13-7-6-12-19(20)18-10-3-2-4-11-18/h2-14H,15-16H2,1H3,(H,24,25). The molecule has 0 radical (unpaired) electrons. The molecule has 3 rings (SSSR count). The number of anilines is 1. The van der Waals surface area contributed by atoms with Crippen LogP contribution in [0.15, 0.2) is 78.9 Å². The molecule has 142 valence electrons. The van der Waals surface area contributed by atoms with Crippen LogP contribution in [0, 0.1) is 6.92 Å². The van der Waals surface area contributed by atoms with Crippen molar-refractivity contribution >= 4 is 17.6 Å². The predicted molar refractivity (Wildman–Crippen MR) is 108 cm³/mol. The summed E-state index contributed by atoms with van der Waals surface area (Å²) in [6.07, 6.45) is 0. The lowest BCUT2D eigenvalue weighted by atomic mass is 10.0. The molecule has 0 aliphatic carbocycles. The van der Waals surface area contributed by atoms with E-state index >= 15 is 0 Å². The van der Waals surface area contributed by atoms with Gasteiger partial charge in [0.1, 0.15) is 5.75 Å². The average molecular weight is 375 g/mol. The van der Waals surface area contributed by atoms with Crippen LogP contribution < -0.4 is 10.1 Å². The predicted octanol–water partition coefficient (Wildman–Crippen LogP) is 4.22. The molecule has 0 heterocycles. The van der Waals surface area contributed by atoms with Crippen molar-refractivity contribution in [1.29, 1.82) is 0 Å². The zero-order valence-electron chi connectivity index (χ0n) is 15.6. The number of carbonyl (C=O) groups is 2. The van der Waals surface area contributed by atoms with Crippen molar-refractivity contribution in [2.75, 3.05) is 18.5 Å². The highest BCUT2D eigenvalue weighted by Crippen LogP contribution is 2.27. The van der Waals surface area contributed by atoms with Gasteiger partial charge in [0, 0.05) is 11.3 Å². The van der Waals surface area contributed by atoms with Gasteiger partial charge in [-0.05, 0) is 30.2 Å². The molecule has 0 bridgehead atoms. The summed E-state index contributed by atoms with van der Waals surface area (Å²) in [5.74, 6) is -0.400. The molecule has 0 aliphatic rings. The van der Waals surface area contributed by atoms with Crippen molar-refractivity contribution in [3.63, 3.8) is 0 Å². The molecule has 28 heavy (non-hydrogen) atoms. The van der Waals surface area contributed by atoms with Gasteiger partial charge in [-0.1, -0.05) is 66.7 Å². The monoisotopic (exact) mass is 375 g/mol. The van der Waals surface area contributed by atoms with Gasteiger partial charge in [-0.2, -0.15) is 0 Å². The van der Waals surface area contributed by atoms with E-state index in [1.807, 2.05) is 79.7 Å². The Morgan fingerprint density at radius 2 is 1.50 bits per heavy atom. The number of para-hydroxylation sites is 2. The van der Waals surface area contributed by atoms with Crippen LogP contribution in [0.5, 0.6) is 5.75 Å². The van der Waals surface area contributed by atoms with Gasteiger partial charge in [0.05, 0.1) is 0 Å². The summed E-state index contributed by atoms with van der Waals surface area (Å²) in [7, 11) is 0. The van der Waals surface area contributed by atoms with Crippen LogP contribution in [0.25, 0.3) is 11.1 Å². The van der Waals surface area contributed by atoms with Crippen LogP contribution in [0.3, 0.4) is 0 Å². The summed E-state index contributed by atoms with van der Waals surface area (Å²) in [6.45, 7) is 1.26. The second kappa shape index (κ2) is 9.37. The Hall–Kier alpha value is -3.60. The minimum Gasteiger partial charge on any atom is -0.482 e. The third-order valence-corrected chi connectivity index (χ3v) is 4.09. The van der Waals surface area contributed by atoms with E-state index in [0.717, 1.165) is 16.7 Å². The van der Waals surface area contributed by atoms with Gasteiger partial charge in [-0.3, -0.25) is 4.79 Å².